The van der Waals surface area contributed by atoms with E-state index < -0.39 is 22.6 Å². The Morgan fingerprint density at radius 3 is 2.48 bits per heavy atom. The average Bonchev–Trinajstić information content (AvgIpc) is 3.21. The fourth-order valence-electron chi connectivity index (χ4n) is 3.04. The number of amides is 2. The maximum atomic E-state index is 13.2. The number of para-hydroxylation sites is 1. The lowest BCUT2D eigenvalue weighted by Gasteiger charge is -2.28. The highest BCUT2D eigenvalue weighted by molar-refractivity contribution is 7.80. The summed E-state index contributed by atoms with van der Waals surface area (Å²) in [7, 11) is 0. The minimum Gasteiger partial charge on any atom is -0.456 e. The van der Waals surface area contributed by atoms with Crippen LogP contribution in [-0.2, 0) is 9.59 Å². The molecule has 0 spiro atoms. The van der Waals surface area contributed by atoms with Crippen molar-refractivity contribution in [2.24, 2.45) is 0 Å². The Bertz CT molecular complexity index is 1270. The maximum Gasteiger partial charge on any atom is 0.280 e. The third kappa shape index (κ3) is 3.83. The number of furan rings is 1. The maximum absolute atomic E-state index is 13.2. The first-order chi connectivity index (χ1) is 14.8. The van der Waals surface area contributed by atoms with Crippen molar-refractivity contribution in [3.8, 4) is 11.3 Å². The lowest BCUT2D eigenvalue weighted by atomic mass is 10.1. The number of nitrogens with one attached hydrogen (secondary N) is 1. The van der Waals surface area contributed by atoms with Gasteiger partial charge in [-0.05, 0) is 60.8 Å². The van der Waals surface area contributed by atoms with Gasteiger partial charge in [0.15, 0.2) is 5.11 Å². The largest absolute Gasteiger partial charge is 0.456 e. The zero-order valence-corrected chi connectivity index (χ0v) is 16.4. The van der Waals surface area contributed by atoms with Crippen LogP contribution in [0.2, 0.25) is 0 Å². The molecule has 1 aliphatic rings. The summed E-state index contributed by atoms with van der Waals surface area (Å²) in [6, 6.07) is 14.1. The molecule has 2 aromatic carbocycles. The molecule has 3 aromatic rings. The van der Waals surface area contributed by atoms with Crippen molar-refractivity contribution >= 4 is 46.6 Å². The van der Waals surface area contributed by atoms with Gasteiger partial charge in [0.1, 0.15) is 22.9 Å². The summed E-state index contributed by atoms with van der Waals surface area (Å²) in [5, 5.41) is 13.5. The van der Waals surface area contributed by atoms with Crippen LogP contribution < -0.4 is 10.2 Å². The Labute approximate surface area is 179 Å². The number of nitro benzene ring substituents is 1. The Morgan fingerprint density at radius 1 is 1.06 bits per heavy atom. The first-order valence-corrected chi connectivity index (χ1v) is 9.26. The Balaban J connectivity index is 1.69. The van der Waals surface area contributed by atoms with Crippen LogP contribution in [0.15, 0.2) is 70.7 Å². The van der Waals surface area contributed by atoms with E-state index in [1.807, 2.05) is 0 Å². The molecule has 0 atom stereocenters. The van der Waals surface area contributed by atoms with Gasteiger partial charge in [-0.1, -0.05) is 12.1 Å². The molecule has 0 unspecified atom stereocenters. The van der Waals surface area contributed by atoms with Crippen molar-refractivity contribution in [1.29, 1.82) is 0 Å². The van der Waals surface area contributed by atoms with E-state index in [1.54, 1.807) is 6.07 Å². The van der Waals surface area contributed by atoms with E-state index in [0.717, 1.165) is 17.0 Å². The number of nitrogens with zero attached hydrogens (tertiary/aromatic N) is 2. The number of nitro groups is 1. The predicted octanol–water partition coefficient (Wildman–Crippen LogP) is 3.83. The second-order valence-corrected chi connectivity index (χ2v) is 6.80. The van der Waals surface area contributed by atoms with Crippen molar-refractivity contribution < 1.29 is 23.3 Å². The van der Waals surface area contributed by atoms with Gasteiger partial charge in [0, 0.05) is 6.07 Å². The number of carbonyl (C=O) groups excluding carboxylic acids is 2. The van der Waals surface area contributed by atoms with Gasteiger partial charge in [-0.3, -0.25) is 29.9 Å². The van der Waals surface area contributed by atoms with Crippen LogP contribution >= 0.6 is 12.2 Å². The topological polar surface area (TPSA) is 106 Å². The van der Waals surface area contributed by atoms with Gasteiger partial charge in [0.25, 0.3) is 17.5 Å². The standard InChI is InChI=1S/C21H12FN3O5S/c22-12-5-7-13(8-6-12)24-20(27)16(19(26)23-21(24)31)11-14-9-10-18(30-14)15-3-1-2-4-17(15)25(28)29/h1-11H,(H,23,26,31)/b16-11-. The van der Waals surface area contributed by atoms with Gasteiger partial charge < -0.3 is 4.42 Å². The highest BCUT2D eigenvalue weighted by Crippen LogP contribution is 2.31. The second kappa shape index (κ2) is 7.92. The molecule has 154 valence electrons. The second-order valence-electron chi connectivity index (χ2n) is 6.41. The molecular formula is C21H12FN3O5S. The van der Waals surface area contributed by atoms with Crippen LogP contribution in [0.25, 0.3) is 17.4 Å². The zero-order chi connectivity index (χ0) is 22.1. The van der Waals surface area contributed by atoms with Gasteiger partial charge in [-0.25, -0.2) is 4.39 Å². The summed E-state index contributed by atoms with van der Waals surface area (Å²) in [6.07, 6.45) is 1.22. The SMILES string of the molecule is O=C1NC(=S)N(c2ccc(F)cc2)C(=O)/C1=C\c1ccc(-c2ccccc2[N+](=O)[O-])o1. The van der Waals surface area contributed by atoms with Gasteiger partial charge in [0.05, 0.1) is 16.2 Å². The molecule has 1 N–H and O–H groups in total. The number of anilines is 1. The zero-order valence-electron chi connectivity index (χ0n) is 15.6. The van der Waals surface area contributed by atoms with Crippen molar-refractivity contribution in [3.05, 3.63) is 87.9 Å². The summed E-state index contributed by atoms with van der Waals surface area (Å²) in [4.78, 5) is 37.1. The van der Waals surface area contributed by atoms with Crippen LogP contribution in [0.3, 0.4) is 0 Å². The number of carbonyl (C=O) groups is 2. The lowest BCUT2D eigenvalue weighted by Crippen LogP contribution is -2.54. The summed E-state index contributed by atoms with van der Waals surface area (Å²) in [5.41, 5.74) is 0.129. The molecule has 2 heterocycles. The van der Waals surface area contributed by atoms with Crippen LogP contribution in [0.5, 0.6) is 0 Å². The van der Waals surface area contributed by atoms with Crippen LogP contribution in [0.4, 0.5) is 15.8 Å². The Morgan fingerprint density at radius 2 is 1.77 bits per heavy atom. The van der Waals surface area contributed by atoms with Gasteiger partial charge in [0.2, 0.25) is 0 Å². The number of hydrogen-bond acceptors (Lipinski definition) is 6. The molecule has 31 heavy (non-hydrogen) atoms. The summed E-state index contributed by atoms with van der Waals surface area (Å²) < 4.78 is 18.9. The van der Waals surface area contributed by atoms with E-state index in [4.69, 9.17) is 16.6 Å². The molecule has 0 bridgehead atoms. The first kappa shape index (κ1) is 20.1. The third-order valence-electron chi connectivity index (χ3n) is 4.47. The van der Waals surface area contributed by atoms with Crippen LogP contribution in [-0.4, -0.2) is 21.9 Å². The molecule has 1 aromatic heterocycles. The fraction of sp³-hybridized carbons (Fsp3) is 0. The molecule has 2 amide bonds. The number of halogens is 1. The van der Waals surface area contributed by atoms with E-state index in [-0.39, 0.29) is 39.1 Å². The smallest absolute Gasteiger partial charge is 0.280 e. The van der Waals surface area contributed by atoms with Crippen LogP contribution in [0.1, 0.15) is 5.76 Å². The molecule has 0 aliphatic carbocycles. The molecule has 0 radical (unpaired) electrons. The van der Waals surface area contributed by atoms with Gasteiger partial charge in [-0.15, -0.1) is 0 Å². The normalized spacial score (nSPS) is 15.3. The van der Waals surface area contributed by atoms with Crippen molar-refractivity contribution in [3.63, 3.8) is 0 Å². The van der Waals surface area contributed by atoms with E-state index in [9.17, 15) is 24.1 Å². The number of rotatable bonds is 4. The molecule has 8 nitrogen and oxygen atoms in total. The molecular weight excluding hydrogens is 425 g/mol. The lowest BCUT2D eigenvalue weighted by molar-refractivity contribution is -0.384. The Hall–Kier alpha value is -4.18. The fourth-order valence-corrected chi connectivity index (χ4v) is 3.32. The van der Waals surface area contributed by atoms with E-state index >= 15 is 0 Å². The van der Waals surface area contributed by atoms with E-state index in [2.05, 4.69) is 5.32 Å². The van der Waals surface area contributed by atoms with Crippen molar-refractivity contribution in [1.82, 2.24) is 5.32 Å². The highest BCUT2D eigenvalue weighted by atomic mass is 32.1. The molecule has 1 aliphatic heterocycles. The molecule has 10 heteroatoms. The summed E-state index contributed by atoms with van der Waals surface area (Å²) in [6.45, 7) is 0. The Kier molecular flexibility index (Phi) is 5.14. The van der Waals surface area contributed by atoms with Crippen molar-refractivity contribution in [2.75, 3.05) is 4.90 Å². The number of thiocarbonyl (C=S) groups is 1. The van der Waals surface area contributed by atoms with Crippen LogP contribution in [0, 0.1) is 15.9 Å². The van der Waals surface area contributed by atoms with E-state index in [0.29, 0.717) is 0 Å². The van der Waals surface area contributed by atoms with Gasteiger partial charge >= 0.3 is 0 Å². The number of benzene rings is 2. The monoisotopic (exact) mass is 437 g/mol. The summed E-state index contributed by atoms with van der Waals surface area (Å²) in [5.74, 6) is -1.59. The first-order valence-electron chi connectivity index (χ1n) is 8.86. The third-order valence-corrected chi connectivity index (χ3v) is 4.75. The van der Waals surface area contributed by atoms with E-state index in [1.165, 1.54) is 48.5 Å². The summed E-state index contributed by atoms with van der Waals surface area (Å²) >= 11 is 5.09. The minimum absolute atomic E-state index is 0.138. The minimum atomic E-state index is -0.725. The average molecular weight is 437 g/mol. The molecule has 1 saturated heterocycles. The number of hydrogen-bond donors (Lipinski definition) is 1. The predicted molar refractivity (Wildman–Crippen MR) is 113 cm³/mol. The van der Waals surface area contributed by atoms with Crippen molar-refractivity contribution in [2.45, 2.75) is 0 Å². The highest BCUT2D eigenvalue weighted by Gasteiger charge is 2.34. The molecule has 4 rings (SSSR count). The quantitative estimate of drug-likeness (QED) is 0.219. The van der Waals surface area contributed by atoms with Gasteiger partial charge in [-0.2, -0.15) is 0 Å². The molecule has 1 fully saturated rings. The molecule has 0 saturated carbocycles.